The number of oxazole rings is 1. The summed E-state index contributed by atoms with van der Waals surface area (Å²) in [7, 11) is 0. The summed E-state index contributed by atoms with van der Waals surface area (Å²) in [5.74, 6) is 0. The van der Waals surface area contributed by atoms with E-state index in [-0.39, 0.29) is 0 Å². The molecule has 1 aromatic carbocycles. The van der Waals surface area contributed by atoms with Crippen LogP contribution >= 0.6 is 0 Å². The Bertz CT molecular complexity index is 517. The number of nitrogen functional groups attached to an aromatic ring is 1. The summed E-state index contributed by atoms with van der Waals surface area (Å²) in [6, 6.07) is 6.42. The van der Waals surface area contributed by atoms with Gasteiger partial charge < -0.3 is 20.2 Å². The van der Waals surface area contributed by atoms with Crippen molar-refractivity contribution < 1.29 is 9.15 Å². The molecule has 0 saturated carbocycles. The Labute approximate surface area is 98.9 Å². The van der Waals surface area contributed by atoms with Crippen LogP contribution in [0.3, 0.4) is 0 Å². The standard InChI is InChI=1S/C12H15N3O2/c13-8-1-2-11-10(7-8)15-12(17-11)14-9-3-5-16-6-4-9/h1-2,7,9H,3-6,13H2,(H,14,15). The minimum atomic E-state index is 0.383. The molecule has 0 amide bonds. The fourth-order valence-electron chi connectivity index (χ4n) is 2.02. The molecule has 0 radical (unpaired) electrons. The number of nitrogens with one attached hydrogen (secondary N) is 1. The molecular weight excluding hydrogens is 218 g/mol. The van der Waals surface area contributed by atoms with Crippen molar-refractivity contribution in [3.05, 3.63) is 18.2 Å². The Morgan fingerprint density at radius 3 is 2.94 bits per heavy atom. The van der Waals surface area contributed by atoms with Crippen LogP contribution in [0.25, 0.3) is 11.1 Å². The first-order valence-corrected chi connectivity index (χ1v) is 5.81. The second-order valence-corrected chi connectivity index (χ2v) is 4.28. The molecule has 0 spiro atoms. The van der Waals surface area contributed by atoms with Gasteiger partial charge in [0.15, 0.2) is 5.58 Å². The van der Waals surface area contributed by atoms with Crippen LogP contribution in [0.15, 0.2) is 22.6 Å². The summed E-state index contributed by atoms with van der Waals surface area (Å²) in [6.45, 7) is 1.59. The van der Waals surface area contributed by atoms with Crippen LogP contribution in [0.1, 0.15) is 12.8 Å². The molecule has 2 aromatic rings. The van der Waals surface area contributed by atoms with E-state index in [1.165, 1.54) is 0 Å². The molecule has 90 valence electrons. The number of fused-ring (bicyclic) bond motifs is 1. The van der Waals surface area contributed by atoms with Crippen LogP contribution in [0.5, 0.6) is 0 Å². The largest absolute Gasteiger partial charge is 0.424 e. The van der Waals surface area contributed by atoms with Gasteiger partial charge in [-0.15, -0.1) is 0 Å². The molecular formula is C12H15N3O2. The third kappa shape index (κ3) is 2.19. The minimum Gasteiger partial charge on any atom is -0.424 e. The number of hydrogen-bond acceptors (Lipinski definition) is 5. The van der Waals surface area contributed by atoms with Crippen molar-refractivity contribution in [2.45, 2.75) is 18.9 Å². The van der Waals surface area contributed by atoms with Gasteiger partial charge in [-0.3, -0.25) is 0 Å². The van der Waals surface area contributed by atoms with Crippen LogP contribution in [0.4, 0.5) is 11.7 Å². The van der Waals surface area contributed by atoms with Crippen molar-refractivity contribution in [3.63, 3.8) is 0 Å². The maximum atomic E-state index is 5.70. The molecule has 0 unspecified atom stereocenters. The van der Waals surface area contributed by atoms with Gasteiger partial charge in [0.25, 0.3) is 6.01 Å². The second kappa shape index (κ2) is 4.25. The smallest absolute Gasteiger partial charge is 0.295 e. The van der Waals surface area contributed by atoms with E-state index in [0.29, 0.717) is 17.7 Å². The minimum absolute atomic E-state index is 0.383. The fourth-order valence-corrected chi connectivity index (χ4v) is 2.02. The first kappa shape index (κ1) is 10.4. The Morgan fingerprint density at radius 1 is 1.29 bits per heavy atom. The van der Waals surface area contributed by atoms with Crippen molar-refractivity contribution in [1.29, 1.82) is 0 Å². The number of rotatable bonds is 2. The highest BCUT2D eigenvalue weighted by atomic mass is 16.5. The highest BCUT2D eigenvalue weighted by Gasteiger charge is 2.16. The highest BCUT2D eigenvalue weighted by molar-refractivity contribution is 5.78. The number of aromatic nitrogens is 1. The van der Waals surface area contributed by atoms with E-state index in [1.807, 2.05) is 18.2 Å². The first-order valence-electron chi connectivity index (χ1n) is 5.81. The lowest BCUT2D eigenvalue weighted by Crippen LogP contribution is -2.27. The molecule has 1 fully saturated rings. The molecule has 5 nitrogen and oxygen atoms in total. The zero-order valence-corrected chi connectivity index (χ0v) is 9.48. The molecule has 17 heavy (non-hydrogen) atoms. The van der Waals surface area contributed by atoms with Crippen LogP contribution in [-0.4, -0.2) is 24.2 Å². The summed E-state index contributed by atoms with van der Waals surface area (Å²) in [5.41, 5.74) is 7.95. The average Bonchev–Trinajstić information content (AvgIpc) is 2.71. The number of anilines is 2. The van der Waals surface area contributed by atoms with Crippen LogP contribution < -0.4 is 11.1 Å². The zero-order chi connectivity index (χ0) is 11.7. The lowest BCUT2D eigenvalue weighted by atomic mass is 10.1. The Hall–Kier alpha value is -1.75. The van der Waals surface area contributed by atoms with Gasteiger partial charge in [-0.25, -0.2) is 0 Å². The van der Waals surface area contributed by atoms with Gasteiger partial charge in [-0.2, -0.15) is 4.98 Å². The molecule has 0 aliphatic carbocycles. The maximum Gasteiger partial charge on any atom is 0.295 e. The quantitative estimate of drug-likeness (QED) is 0.776. The second-order valence-electron chi connectivity index (χ2n) is 4.28. The van der Waals surface area contributed by atoms with E-state index in [4.69, 9.17) is 14.9 Å². The van der Waals surface area contributed by atoms with Gasteiger partial charge in [-0.05, 0) is 31.0 Å². The summed E-state index contributed by atoms with van der Waals surface area (Å²) in [5, 5.41) is 3.29. The van der Waals surface area contributed by atoms with Crippen molar-refractivity contribution >= 4 is 22.8 Å². The van der Waals surface area contributed by atoms with Crippen LogP contribution in [0, 0.1) is 0 Å². The predicted molar refractivity (Wildman–Crippen MR) is 65.9 cm³/mol. The molecule has 1 saturated heterocycles. The van der Waals surface area contributed by atoms with E-state index in [2.05, 4.69) is 10.3 Å². The van der Waals surface area contributed by atoms with Crippen molar-refractivity contribution in [3.8, 4) is 0 Å². The van der Waals surface area contributed by atoms with Gasteiger partial charge in [0.2, 0.25) is 0 Å². The number of benzene rings is 1. The monoisotopic (exact) mass is 233 g/mol. The molecule has 0 atom stereocenters. The van der Waals surface area contributed by atoms with Gasteiger partial charge in [0, 0.05) is 24.9 Å². The Balaban J connectivity index is 1.80. The van der Waals surface area contributed by atoms with E-state index in [9.17, 15) is 0 Å². The average molecular weight is 233 g/mol. The topological polar surface area (TPSA) is 73.3 Å². The van der Waals surface area contributed by atoms with Gasteiger partial charge in [0.05, 0.1) is 0 Å². The fraction of sp³-hybridized carbons (Fsp3) is 0.417. The number of hydrogen-bond donors (Lipinski definition) is 2. The summed E-state index contributed by atoms with van der Waals surface area (Å²) >= 11 is 0. The van der Waals surface area contributed by atoms with Gasteiger partial charge in [-0.1, -0.05) is 0 Å². The molecule has 3 rings (SSSR count). The molecule has 3 N–H and O–H groups in total. The lowest BCUT2D eigenvalue weighted by molar-refractivity contribution is 0.0900. The Kier molecular flexibility index (Phi) is 2.60. The van der Waals surface area contributed by atoms with E-state index >= 15 is 0 Å². The number of nitrogens with two attached hydrogens (primary N) is 1. The summed E-state index contributed by atoms with van der Waals surface area (Å²) < 4.78 is 10.9. The van der Waals surface area contributed by atoms with E-state index in [0.717, 1.165) is 37.2 Å². The molecule has 5 heteroatoms. The molecule has 0 bridgehead atoms. The third-order valence-corrected chi connectivity index (χ3v) is 2.96. The Morgan fingerprint density at radius 2 is 2.12 bits per heavy atom. The SMILES string of the molecule is Nc1ccc2oc(NC3CCOCC3)nc2c1. The normalized spacial score (nSPS) is 17.4. The van der Waals surface area contributed by atoms with E-state index < -0.39 is 0 Å². The van der Waals surface area contributed by atoms with Crippen LogP contribution in [0.2, 0.25) is 0 Å². The molecule has 2 heterocycles. The maximum absolute atomic E-state index is 5.70. The van der Waals surface area contributed by atoms with Gasteiger partial charge >= 0.3 is 0 Å². The summed E-state index contributed by atoms with van der Waals surface area (Å²) in [4.78, 5) is 4.37. The lowest BCUT2D eigenvalue weighted by Gasteiger charge is -2.21. The first-order chi connectivity index (χ1) is 8.31. The number of nitrogens with zero attached hydrogens (tertiary/aromatic N) is 1. The summed E-state index contributed by atoms with van der Waals surface area (Å²) in [6.07, 6.45) is 1.97. The van der Waals surface area contributed by atoms with Crippen molar-refractivity contribution in [1.82, 2.24) is 4.98 Å². The molecule has 1 aromatic heterocycles. The molecule has 1 aliphatic rings. The van der Waals surface area contributed by atoms with Crippen molar-refractivity contribution in [2.75, 3.05) is 24.3 Å². The molecule has 1 aliphatic heterocycles. The zero-order valence-electron chi connectivity index (χ0n) is 9.48. The third-order valence-electron chi connectivity index (χ3n) is 2.96. The van der Waals surface area contributed by atoms with Gasteiger partial charge in [0.1, 0.15) is 5.52 Å². The predicted octanol–water partition coefficient (Wildman–Crippen LogP) is 2.00. The van der Waals surface area contributed by atoms with Crippen molar-refractivity contribution in [2.24, 2.45) is 0 Å². The highest BCUT2D eigenvalue weighted by Crippen LogP contribution is 2.22. The number of ether oxygens (including phenoxy) is 1. The van der Waals surface area contributed by atoms with E-state index in [1.54, 1.807) is 0 Å². The van der Waals surface area contributed by atoms with Crippen LogP contribution in [-0.2, 0) is 4.74 Å².